The Morgan fingerprint density at radius 3 is 2.38 bits per heavy atom. The van der Waals surface area contributed by atoms with E-state index >= 15 is 0 Å². The molecule has 2 nitrogen and oxygen atoms in total. The topological polar surface area (TPSA) is 25.8 Å². The summed E-state index contributed by atoms with van der Waals surface area (Å²) in [6, 6.07) is 26.6. The van der Waals surface area contributed by atoms with Crippen molar-refractivity contribution in [2.45, 2.75) is 0 Å². The first-order chi connectivity index (χ1) is 12.8. The summed E-state index contributed by atoms with van der Waals surface area (Å²) in [5.41, 5.74) is 2.89. The van der Waals surface area contributed by atoms with Gasteiger partial charge in [-0.15, -0.1) is 11.3 Å². The van der Waals surface area contributed by atoms with Crippen LogP contribution >= 0.6 is 22.9 Å². The van der Waals surface area contributed by atoms with Gasteiger partial charge >= 0.3 is 0 Å². The number of hydrogen-bond donors (Lipinski definition) is 0. The third kappa shape index (κ3) is 2.57. The van der Waals surface area contributed by atoms with Crippen LogP contribution in [0.5, 0.6) is 0 Å². The minimum absolute atomic E-state index is 0.451. The van der Waals surface area contributed by atoms with Crippen molar-refractivity contribution in [1.82, 2.24) is 9.97 Å². The maximum Gasteiger partial charge on any atom is 0.161 e. The van der Waals surface area contributed by atoms with Gasteiger partial charge in [0.05, 0.1) is 5.69 Å². The van der Waals surface area contributed by atoms with Crippen molar-refractivity contribution >= 4 is 43.1 Å². The van der Waals surface area contributed by atoms with Gasteiger partial charge in [-0.1, -0.05) is 78.3 Å². The van der Waals surface area contributed by atoms with Gasteiger partial charge < -0.3 is 0 Å². The third-order valence-electron chi connectivity index (χ3n) is 4.41. The van der Waals surface area contributed by atoms with Gasteiger partial charge in [0.1, 0.15) is 5.15 Å². The van der Waals surface area contributed by atoms with E-state index in [1.165, 1.54) is 20.2 Å². The van der Waals surface area contributed by atoms with Crippen molar-refractivity contribution in [1.29, 1.82) is 0 Å². The summed E-state index contributed by atoms with van der Waals surface area (Å²) in [5.74, 6) is 0.645. The second-order valence-corrected chi connectivity index (χ2v) is 7.49. The quantitative estimate of drug-likeness (QED) is 0.317. The molecule has 2 aromatic heterocycles. The first-order valence-electron chi connectivity index (χ1n) is 8.30. The molecule has 0 radical (unpaired) electrons. The van der Waals surface area contributed by atoms with Crippen LogP contribution in [0, 0.1) is 0 Å². The molecule has 0 aliphatic rings. The highest BCUT2D eigenvalue weighted by atomic mass is 35.5. The van der Waals surface area contributed by atoms with E-state index in [9.17, 15) is 0 Å². The Balaban J connectivity index is 1.77. The Hall–Kier alpha value is -2.75. The van der Waals surface area contributed by atoms with Crippen LogP contribution in [0.25, 0.3) is 42.8 Å². The molecule has 0 fully saturated rings. The summed E-state index contributed by atoms with van der Waals surface area (Å²) >= 11 is 8.12. The highest BCUT2D eigenvalue weighted by molar-refractivity contribution is 7.26. The Kier molecular flexibility index (Phi) is 3.70. The number of hydrogen-bond acceptors (Lipinski definition) is 3. The largest absolute Gasteiger partial charge is 0.228 e. The number of benzene rings is 3. The van der Waals surface area contributed by atoms with E-state index in [4.69, 9.17) is 16.6 Å². The van der Waals surface area contributed by atoms with Crippen LogP contribution in [0.3, 0.4) is 0 Å². The zero-order valence-corrected chi connectivity index (χ0v) is 15.3. The maximum absolute atomic E-state index is 6.33. The van der Waals surface area contributed by atoms with Crippen molar-refractivity contribution in [2.75, 3.05) is 0 Å². The highest BCUT2D eigenvalue weighted by Gasteiger charge is 2.13. The van der Waals surface area contributed by atoms with Crippen molar-refractivity contribution in [3.63, 3.8) is 0 Å². The lowest BCUT2D eigenvalue weighted by molar-refractivity contribution is 1.18. The minimum atomic E-state index is 0.451. The van der Waals surface area contributed by atoms with Gasteiger partial charge in [0.25, 0.3) is 0 Å². The second kappa shape index (κ2) is 6.20. The Labute approximate surface area is 159 Å². The first-order valence-corrected chi connectivity index (χ1v) is 9.50. The number of thiophene rings is 1. The van der Waals surface area contributed by atoms with E-state index in [0.717, 1.165) is 16.8 Å². The zero-order valence-electron chi connectivity index (χ0n) is 13.7. The Bertz CT molecular complexity index is 1250. The van der Waals surface area contributed by atoms with Crippen LogP contribution in [0.15, 0.2) is 78.9 Å². The van der Waals surface area contributed by atoms with E-state index < -0.39 is 0 Å². The summed E-state index contributed by atoms with van der Waals surface area (Å²) in [7, 11) is 0. The standard InChI is InChI=1S/C22H13ClN2S/c23-20-13-18(24-22(25-20)14-7-2-1-3-8-14)17-11-6-10-16-15-9-4-5-12-19(15)26-21(16)17/h1-13H. The molecule has 2 heterocycles. The van der Waals surface area contributed by atoms with Crippen molar-refractivity contribution < 1.29 is 0 Å². The van der Waals surface area contributed by atoms with E-state index in [0.29, 0.717) is 11.0 Å². The smallest absolute Gasteiger partial charge is 0.161 e. The predicted molar refractivity (Wildman–Crippen MR) is 111 cm³/mol. The maximum atomic E-state index is 6.33. The number of halogens is 1. The molecule has 0 unspecified atom stereocenters. The molecule has 0 atom stereocenters. The van der Waals surface area contributed by atoms with Gasteiger partial charge in [-0.25, -0.2) is 9.97 Å². The van der Waals surface area contributed by atoms with Gasteiger partial charge in [-0.3, -0.25) is 0 Å². The number of fused-ring (bicyclic) bond motifs is 3. The SMILES string of the molecule is Clc1cc(-c2cccc3c2sc2ccccc23)nc(-c2ccccc2)n1. The summed E-state index contributed by atoms with van der Waals surface area (Å²) in [4.78, 5) is 9.22. The molecular formula is C22H13ClN2S. The lowest BCUT2D eigenvalue weighted by atomic mass is 10.1. The van der Waals surface area contributed by atoms with Crippen LogP contribution in [0.1, 0.15) is 0 Å². The number of nitrogens with zero attached hydrogens (tertiary/aromatic N) is 2. The van der Waals surface area contributed by atoms with Gasteiger partial charge in [0.2, 0.25) is 0 Å². The molecule has 124 valence electrons. The molecule has 0 aliphatic heterocycles. The van der Waals surface area contributed by atoms with Crippen LogP contribution in [0.4, 0.5) is 0 Å². The molecule has 0 aliphatic carbocycles. The average Bonchev–Trinajstić information content (AvgIpc) is 3.07. The van der Waals surface area contributed by atoms with Crippen LogP contribution in [-0.4, -0.2) is 9.97 Å². The lowest BCUT2D eigenvalue weighted by Gasteiger charge is -2.07. The summed E-state index contributed by atoms with van der Waals surface area (Å²) < 4.78 is 2.50. The summed E-state index contributed by atoms with van der Waals surface area (Å²) in [6.45, 7) is 0. The third-order valence-corrected chi connectivity index (χ3v) is 5.82. The Morgan fingerprint density at radius 2 is 1.50 bits per heavy atom. The zero-order chi connectivity index (χ0) is 17.5. The second-order valence-electron chi connectivity index (χ2n) is 6.05. The molecule has 0 amide bonds. The van der Waals surface area contributed by atoms with Crippen molar-refractivity contribution in [3.05, 3.63) is 84.0 Å². The fourth-order valence-corrected chi connectivity index (χ4v) is 4.63. The van der Waals surface area contributed by atoms with Gasteiger partial charge in [-0.2, -0.15) is 0 Å². The first kappa shape index (κ1) is 15.5. The minimum Gasteiger partial charge on any atom is -0.228 e. The normalized spacial score (nSPS) is 11.3. The van der Waals surface area contributed by atoms with Crippen LogP contribution in [0.2, 0.25) is 5.15 Å². The van der Waals surface area contributed by atoms with Crippen LogP contribution in [-0.2, 0) is 0 Å². The van der Waals surface area contributed by atoms with Gasteiger partial charge in [-0.05, 0) is 6.07 Å². The fraction of sp³-hybridized carbons (Fsp3) is 0. The number of rotatable bonds is 2. The summed E-state index contributed by atoms with van der Waals surface area (Å²) in [5, 5.41) is 2.98. The molecule has 0 spiro atoms. The summed E-state index contributed by atoms with van der Waals surface area (Å²) in [6.07, 6.45) is 0. The highest BCUT2D eigenvalue weighted by Crippen LogP contribution is 2.39. The monoisotopic (exact) mass is 372 g/mol. The van der Waals surface area contributed by atoms with E-state index in [2.05, 4.69) is 47.4 Å². The van der Waals surface area contributed by atoms with Gasteiger partial charge in [0.15, 0.2) is 5.82 Å². The fourth-order valence-electron chi connectivity index (χ4n) is 3.22. The molecule has 0 saturated carbocycles. The van der Waals surface area contributed by atoms with E-state index in [-0.39, 0.29) is 0 Å². The van der Waals surface area contributed by atoms with Crippen LogP contribution < -0.4 is 0 Å². The molecular weight excluding hydrogens is 360 g/mol. The molecule has 5 aromatic rings. The average molecular weight is 373 g/mol. The molecule has 26 heavy (non-hydrogen) atoms. The molecule has 5 rings (SSSR count). The molecule has 0 saturated heterocycles. The molecule has 0 bridgehead atoms. The molecule has 3 aromatic carbocycles. The number of aromatic nitrogens is 2. The van der Waals surface area contributed by atoms with E-state index in [1.54, 1.807) is 11.3 Å². The van der Waals surface area contributed by atoms with Crippen molar-refractivity contribution in [2.24, 2.45) is 0 Å². The van der Waals surface area contributed by atoms with Gasteiger partial charge in [0, 0.05) is 37.4 Å². The molecule has 0 N–H and O–H groups in total. The Morgan fingerprint density at radius 1 is 0.731 bits per heavy atom. The van der Waals surface area contributed by atoms with E-state index in [1.807, 2.05) is 36.4 Å². The predicted octanol–water partition coefficient (Wildman–Crippen LogP) is 6.83. The lowest BCUT2D eigenvalue weighted by Crippen LogP contribution is -1.93. The van der Waals surface area contributed by atoms with Crippen molar-refractivity contribution in [3.8, 4) is 22.6 Å². The molecule has 4 heteroatoms.